The van der Waals surface area contributed by atoms with Gasteiger partial charge in [0, 0.05) is 31.0 Å². The average Bonchev–Trinajstić information content (AvgIpc) is 2.99. The number of methoxy groups -OCH3 is 1. The minimum atomic E-state index is -0.880. The second-order valence-electron chi connectivity index (χ2n) is 4.97. The Labute approximate surface area is 143 Å². The summed E-state index contributed by atoms with van der Waals surface area (Å²) in [7, 11) is 1.51. The van der Waals surface area contributed by atoms with Crippen molar-refractivity contribution in [3.05, 3.63) is 23.8 Å². The van der Waals surface area contributed by atoms with Gasteiger partial charge in [0.15, 0.2) is 0 Å². The van der Waals surface area contributed by atoms with E-state index in [1.54, 1.807) is 18.2 Å². The van der Waals surface area contributed by atoms with E-state index in [9.17, 15) is 14.4 Å². The summed E-state index contributed by atoms with van der Waals surface area (Å²) >= 11 is 1.23. The smallest absolute Gasteiger partial charge is 0.322 e. The Morgan fingerprint density at radius 3 is 2.88 bits per heavy atom. The van der Waals surface area contributed by atoms with Crippen LogP contribution >= 0.6 is 11.8 Å². The number of urea groups is 1. The van der Waals surface area contributed by atoms with Crippen molar-refractivity contribution in [3.63, 3.8) is 0 Å². The van der Waals surface area contributed by atoms with Crippen LogP contribution in [0.5, 0.6) is 5.75 Å². The van der Waals surface area contributed by atoms with E-state index in [4.69, 9.17) is 9.84 Å². The molecule has 1 aliphatic rings. The number of carbonyl (C=O) groups is 3. The average molecular weight is 353 g/mol. The molecule has 3 amide bonds. The molecule has 1 saturated heterocycles. The molecule has 3 N–H and O–H groups in total. The number of hydrogen-bond acceptors (Lipinski definition) is 5. The lowest BCUT2D eigenvalue weighted by Gasteiger charge is -2.18. The highest BCUT2D eigenvalue weighted by atomic mass is 32.2. The summed E-state index contributed by atoms with van der Waals surface area (Å²) in [4.78, 5) is 36.0. The molecule has 0 bridgehead atoms. The minimum Gasteiger partial charge on any atom is -0.495 e. The second-order valence-corrected chi connectivity index (χ2v) is 6.08. The lowest BCUT2D eigenvalue weighted by atomic mass is 10.1. The third kappa shape index (κ3) is 4.54. The van der Waals surface area contributed by atoms with Crippen LogP contribution in [0, 0.1) is 0 Å². The fourth-order valence-corrected chi connectivity index (χ4v) is 2.81. The molecule has 2 rings (SSSR count). The van der Waals surface area contributed by atoms with Gasteiger partial charge in [0.25, 0.3) is 5.91 Å². The van der Waals surface area contributed by atoms with Gasteiger partial charge >= 0.3 is 12.0 Å². The monoisotopic (exact) mass is 353 g/mol. The first-order valence-corrected chi connectivity index (χ1v) is 8.49. The number of ether oxygens (including phenoxy) is 1. The van der Waals surface area contributed by atoms with Gasteiger partial charge in [0.2, 0.25) is 0 Å². The van der Waals surface area contributed by atoms with Crippen LogP contribution in [0.4, 0.5) is 10.5 Å². The molecule has 1 aromatic rings. The molecule has 1 aromatic carbocycles. The van der Waals surface area contributed by atoms with E-state index >= 15 is 0 Å². The van der Waals surface area contributed by atoms with Gasteiger partial charge in [-0.3, -0.25) is 14.5 Å². The van der Waals surface area contributed by atoms with Crippen LogP contribution in [-0.4, -0.2) is 61.3 Å². The SMILES string of the molecule is COc1ccc(C(=O)NCCSCC(=O)O)cc1N1CCNC1=O. The standard InChI is InChI=1S/C15H19N3O5S/c1-23-12-3-2-10(8-11(12)18-6-4-17-15(18)22)14(21)16-5-7-24-9-13(19)20/h2-3,8H,4-7,9H2,1H3,(H,16,21)(H,17,22)(H,19,20). The van der Waals surface area contributed by atoms with Gasteiger partial charge in [-0.1, -0.05) is 0 Å². The number of benzene rings is 1. The van der Waals surface area contributed by atoms with Gasteiger partial charge < -0.3 is 20.5 Å². The summed E-state index contributed by atoms with van der Waals surface area (Å²) in [5.41, 5.74) is 0.953. The number of rotatable bonds is 8. The zero-order valence-electron chi connectivity index (χ0n) is 13.2. The van der Waals surface area contributed by atoms with Crippen molar-refractivity contribution in [2.75, 3.05) is 43.1 Å². The molecule has 130 valence electrons. The second kappa shape index (κ2) is 8.44. The molecule has 1 fully saturated rings. The number of carboxylic acid groups (broad SMARTS) is 1. The number of nitrogens with one attached hydrogen (secondary N) is 2. The van der Waals surface area contributed by atoms with Crippen LogP contribution in [0.1, 0.15) is 10.4 Å². The molecule has 0 radical (unpaired) electrons. The maximum Gasteiger partial charge on any atom is 0.322 e. The number of hydrogen-bond donors (Lipinski definition) is 3. The lowest BCUT2D eigenvalue weighted by molar-refractivity contribution is -0.133. The molecule has 0 saturated carbocycles. The molecule has 0 aromatic heterocycles. The first-order chi connectivity index (χ1) is 11.5. The third-order valence-corrected chi connectivity index (χ3v) is 4.29. The fourth-order valence-electron chi connectivity index (χ4n) is 2.24. The van der Waals surface area contributed by atoms with Crippen LogP contribution in [0.25, 0.3) is 0 Å². The van der Waals surface area contributed by atoms with Gasteiger partial charge in [0.05, 0.1) is 18.6 Å². The fraction of sp³-hybridized carbons (Fsp3) is 0.400. The highest BCUT2D eigenvalue weighted by Gasteiger charge is 2.25. The Hall–Kier alpha value is -2.42. The Morgan fingerprint density at radius 2 is 2.25 bits per heavy atom. The van der Waals surface area contributed by atoms with E-state index in [1.165, 1.54) is 23.8 Å². The van der Waals surface area contributed by atoms with Crippen LogP contribution < -0.4 is 20.3 Å². The highest BCUT2D eigenvalue weighted by molar-refractivity contribution is 7.99. The van der Waals surface area contributed by atoms with Gasteiger partial charge in [0.1, 0.15) is 5.75 Å². The minimum absolute atomic E-state index is 0.00657. The van der Waals surface area contributed by atoms with Crippen molar-refractivity contribution < 1.29 is 24.2 Å². The van der Waals surface area contributed by atoms with Crippen molar-refractivity contribution in [1.82, 2.24) is 10.6 Å². The van der Waals surface area contributed by atoms with E-state index in [-0.39, 0.29) is 17.7 Å². The van der Waals surface area contributed by atoms with Crippen molar-refractivity contribution in [1.29, 1.82) is 0 Å². The molecule has 8 nitrogen and oxygen atoms in total. The maximum absolute atomic E-state index is 12.2. The van der Waals surface area contributed by atoms with Gasteiger partial charge in [-0.25, -0.2) is 4.79 Å². The maximum atomic E-state index is 12.2. The van der Waals surface area contributed by atoms with E-state index < -0.39 is 5.97 Å². The zero-order valence-corrected chi connectivity index (χ0v) is 14.0. The van der Waals surface area contributed by atoms with Crippen LogP contribution in [0.15, 0.2) is 18.2 Å². The molecule has 1 aliphatic heterocycles. The number of thioether (sulfide) groups is 1. The molecule has 0 atom stereocenters. The third-order valence-electron chi connectivity index (χ3n) is 3.35. The van der Waals surface area contributed by atoms with Gasteiger partial charge in [-0.2, -0.15) is 0 Å². The number of anilines is 1. The van der Waals surface area contributed by atoms with Crippen LogP contribution in [0.2, 0.25) is 0 Å². The first-order valence-electron chi connectivity index (χ1n) is 7.34. The largest absolute Gasteiger partial charge is 0.495 e. The summed E-state index contributed by atoms with van der Waals surface area (Å²) in [6, 6.07) is 4.66. The normalized spacial score (nSPS) is 13.5. The Bertz CT molecular complexity index is 638. The summed E-state index contributed by atoms with van der Waals surface area (Å²) < 4.78 is 5.26. The predicted octanol–water partition coefficient (Wildman–Crippen LogP) is 0.772. The molecular weight excluding hydrogens is 334 g/mol. The molecule has 24 heavy (non-hydrogen) atoms. The summed E-state index contributed by atoms with van der Waals surface area (Å²) in [6.45, 7) is 1.41. The van der Waals surface area contributed by atoms with Crippen molar-refractivity contribution in [2.24, 2.45) is 0 Å². The quantitative estimate of drug-likeness (QED) is 0.596. The van der Waals surface area contributed by atoms with Gasteiger partial charge in [-0.05, 0) is 18.2 Å². The van der Waals surface area contributed by atoms with Crippen LogP contribution in [-0.2, 0) is 4.79 Å². The number of amides is 3. The molecule has 1 heterocycles. The van der Waals surface area contributed by atoms with Crippen molar-refractivity contribution in [2.45, 2.75) is 0 Å². The van der Waals surface area contributed by atoms with Crippen LogP contribution in [0.3, 0.4) is 0 Å². The van der Waals surface area contributed by atoms with E-state index in [2.05, 4.69) is 10.6 Å². The van der Waals surface area contributed by atoms with E-state index in [0.29, 0.717) is 42.4 Å². The number of carboxylic acids is 1. The zero-order chi connectivity index (χ0) is 17.5. The topological polar surface area (TPSA) is 108 Å². The Kier molecular flexibility index (Phi) is 6.30. The molecule has 0 aliphatic carbocycles. The number of carbonyl (C=O) groups excluding carboxylic acids is 2. The van der Waals surface area contributed by atoms with E-state index in [0.717, 1.165) is 0 Å². The summed E-state index contributed by atoms with van der Waals surface area (Å²) in [6.07, 6.45) is 0. The molecule has 0 spiro atoms. The highest BCUT2D eigenvalue weighted by Crippen LogP contribution is 2.30. The lowest BCUT2D eigenvalue weighted by Crippen LogP contribution is -2.29. The van der Waals surface area contributed by atoms with Crippen molar-refractivity contribution >= 4 is 35.4 Å². The van der Waals surface area contributed by atoms with Crippen molar-refractivity contribution in [3.8, 4) is 5.75 Å². The molecule has 0 unspecified atom stereocenters. The summed E-state index contributed by atoms with van der Waals surface area (Å²) in [5.74, 6) is -0.132. The first kappa shape index (κ1) is 17.9. The van der Waals surface area contributed by atoms with E-state index in [1.807, 2.05) is 0 Å². The predicted molar refractivity (Wildman–Crippen MR) is 91.0 cm³/mol. The molecular formula is C15H19N3O5S. The summed E-state index contributed by atoms with van der Waals surface area (Å²) in [5, 5.41) is 14.0. The molecule has 9 heteroatoms. The number of nitrogens with zero attached hydrogens (tertiary/aromatic N) is 1. The van der Waals surface area contributed by atoms with Gasteiger partial charge in [-0.15, -0.1) is 11.8 Å². The Balaban J connectivity index is 2.01. The number of aliphatic carboxylic acids is 1. The Morgan fingerprint density at radius 1 is 1.46 bits per heavy atom.